The van der Waals surface area contributed by atoms with Gasteiger partial charge in [0.05, 0.1) is 0 Å². The first-order valence-corrected chi connectivity index (χ1v) is 7.27. The molecule has 0 amide bonds. The van der Waals surface area contributed by atoms with E-state index >= 15 is 0 Å². The molecule has 1 aliphatic rings. The maximum Gasteiger partial charge on any atom is 0.00683 e. The molecule has 0 spiro atoms. The van der Waals surface area contributed by atoms with E-state index in [-0.39, 0.29) is 0 Å². The Balaban J connectivity index is 2.19. The van der Waals surface area contributed by atoms with Gasteiger partial charge in [0.1, 0.15) is 0 Å². The zero-order valence-corrected chi connectivity index (χ0v) is 11.8. The topological polar surface area (TPSA) is 12.0 Å². The van der Waals surface area contributed by atoms with E-state index in [2.05, 4.69) is 33.0 Å². The van der Waals surface area contributed by atoms with Crippen molar-refractivity contribution < 1.29 is 0 Å². The lowest BCUT2D eigenvalue weighted by Crippen LogP contribution is -2.32. The SMILES string of the molecule is CCCCCCC(CNC1CC1)C(C)(C)C. The molecular weight excluding hydrogens is 194 g/mol. The average molecular weight is 225 g/mol. The van der Waals surface area contributed by atoms with Crippen molar-refractivity contribution in [3.8, 4) is 0 Å². The van der Waals surface area contributed by atoms with Crippen molar-refractivity contribution in [3.63, 3.8) is 0 Å². The third kappa shape index (κ3) is 5.89. The maximum atomic E-state index is 3.70. The Bertz CT molecular complexity index is 176. The van der Waals surface area contributed by atoms with E-state index in [0.717, 1.165) is 12.0 Å². The molecule has 96 valence electrons. The van der Waals surface area contributed by atoms with Gasteiger partial charge in [-0.15, -0.1) is 0 Å². The summed E-state index contributed by atoms with van der Waals surface area (Å²) in [6.07, 6.45) is 9.82. The van der Waals surface area contributed by atoms with Gasteiger partial charge in [-0.05, 0) is 37.1 Å². The van der Waals surface area contributed by atoms with Crippen LogP contribution in [0.4, 0.5) is 0 Å². The minimum Gasteiger partial charge on any atom is -0.314 e. The van der Waals surface area contributed by atoms with Crippen LogP contribution in [-0.2, 0) is 0 Å². The molecule has 1 rings (SSSR count). The lowest BCUT2D eigenvalue weighted by Gasteiger charge is -2.31. The number of unbranched alkanes of at least 4 members (excludes halogenated alkanes) is 3. The predicted molar refractivity (Wildman–Crippen MR) is 72.7 cm³/mol. The van der Waals surface area contributed by atoms with Gasteiger partial charge in [0, 0.05) is 6.04 Å². The van der Waals surface area contributed by atoms with Gasteiger partial charge in [-0.1, -0.05) is 53.4 Å². The van der Waals surface area contributed by atoms with Gasteiger partial charge in [0.2, 0.25) is 0 Å². The average Bonchev–Trinajstić information content (AvgIpc) is 2.98. The lowest BCUT2D eigenvalue weighted by molar-refractivity contribution is 0.212. The minimum atomic E-state index is 0.466. The van der Waals surface area contributed by atoms with Crippen LogP contribution < -0.4 is 5.32 Å². The third-order valence-electron chi connectivity index (χ3n) is 3.86. The highest BCUT2D eigenvalue weighted by atomic mass is 14.9. The molecule has 0 aliphatic heterocycles. The summed E-state index contributed by atoms with van der Waals surface area (Å²) in [5.74, 6) is 0.852. The molecule has 0 aromatic heterocycles. The van der Waals surface area contributed by atoms with Gasteiger partial charge >= 0.3 is 0 Å². The summed E-state index contributed by atoms with van der Waals surface area (Å²) in [6, 6.07) is 0.862. The van der Waals surface area contributed by atoms with E-state index in [1.165, 1.54) is 51.5 Å². The Morgan fingerprint density at radius 3 is 2.31 bits per heavy atom. The summed E-state index contributed by atoms with van der Waals surface area (Å²) < 4.78 is 0. The second-order valence-corrected chi connectivity index (χ2v) is 6.59. The van der Waals surface area contributed by atoms with Gasteiger partial charge in [-0.25, -0.2) is 0 Å². The Labute approximate surface area is 102 Å². The smallest absolute Gasteiger partial charge is 0.00683 e. The first kappa shape index (κ1) is 14.0. The number of hydrogen-bond acceptors (Lipinski definition) is 1. The van der Waals surface area contributed by atoms with Gasteiger partial charge in [-0.3, -0.25) is 0 Å². The summed E-state index contributed by atoms with van der Waals surface area (Å²) in [5.41, 5.74) is 0.466. The second-order valence-electron chi connectivity index (χ2n) is 6.59. The van der Waals surface area contributed by atoms with E-state index in [0.29, 0.717) is 5.41 Å². The second kappa shape index (κ2) is 6.64. The van der Waals surface area contributed by atoms with Gasteiger partial charge < -0.3 is 5.32 Å². The Hall–Kier alpha value is -0.0400. The zero-order valence-electron chi connectivity index (χ0n) is 11.8. The van der Waals surface area contributed by atoms with Crippen LogP contribution >= 0.6 is 0 Å². The zero-order chi connectivity index (χ0) is 12.0. The van der Waals surface area contributed by atoms with Crippen LogP contribution in [0.15, 0.2) is 0 Å². The van der Waals surface area contributed by atoms with Gasteiger partial charge in [-0.2, -0.15) is 0 Å². The fraction of sp³-hybridized carbons (Fsp3) is 1.00. The lowest BCUT2D eigenvalue weighted by atomic mass is 9.77. The van der Waals surface area contributed by atoms with Crippen LogP contribution in [0.5, 0.6) is 0 Å². The van der Waals surface area contributed by atoms with Crippen molar-refractivity contribution in [2.75, 3.05) is 6.54 Å². The van der Waals surface area contributed by atoms with E-state index in [1.54, 1.807) is 0 Å². The van der Waals surface area contributed by atoms with E-state index in [9.17, 15) is 0 Å². The molecule has 1 heteroatoms. The molecule has 0 saturated heterocycles. The highest BCUT2D eigenvalue weighted by molar-refractivity contribution is 4.84. The molecule has 1 aliphatic carbocycles. The fourth-order valence-electron chi connectivity index (χ4n) is 2.26. The van der Waals surface area contributed by atoms with Gasteiger partial charge in [0.25, 0.3) is 0 Å². The minimum absolute atomic E-state index is 0.466. The predicted octanol–water partition coefficient (Wildman–Crippen LogP) is 4.37. The van der Waals surface area contributed by atoms with Gasteiger partial charge in [0.15, 0.2) is 0 Å². The molecule has 0 aromatic carbocycles. The molecule has 0 aromatic rings. The van der Waals surface area contributed by atoms with Crippen molar-refractivity contribution >= 4 is 0 Å². The Kier molecular flexibility index (Phi) is 5.82. The normalized spacial score (nSPS) is 18.8. The van der Waals surface area contributed by atoms with E-state index < -0.39 is 0 Å². The molecule has 1 nitrogen and oxygen atoms in total. The van der Waals surface area contributed by atoms with Crippen LogP contribution in [-0.4, -0.2) is 12.6 Å². The highest BCUT2D eigenvalue weighted by Crippen LogP contribution is 2.31. The van der Waals surface area contributed by atoms with E-state index in [1.807, 2.05) is 0 Å². The van der Waals surface area contributed by atoms with Crippen LogP contribution in [0.3, 0.4) is 0 Å². The number of rotatable bonds is 8. The Morgan fingerprint density at radius 2 is 1.81 bits per heavy atom. The number of hydrogen-bond donors (Lipinski definition) is 1. The maximum absolute atomic E-state index is 3.70. The standard InChI is InChI=1S/C15H31N/c1-5-6-7-8-9-13(15(2,3)4)12-16-14-10-11-14/h13-14,16H,5-12H2,1-4H3. The van der Waals surface area contributed by atoms with Crippen molar-refractivity contribution in [1.29, 1.82) is 0 Å². The fourth-order valence-corrected chi connectivity index (χ4v) is 2.26. The molecule has 16 heavy (non-hydrogen) atoms. The molecule has 1 atom stereocenters. The Morgan fingerprint density at radius 1 is 1.12 bits per heavy atom. The molecule has 1 fully saturated rings. The first-order chi connectivity index (χ1) is 7.54. The van der Waals surface area contributed by atoms with Crippen molar-refractivity contribution in [2.24, 2.45) is 11.3 Å². The van der Waals surface area contributed by atoms with Crippen molar-refractivity contribution in [1.82, 2.24) is 5.32 Å². The molecular formula is C15H31N. The highest BCUT2D eigenvalue weighted by Gasteiger charge is 2.27. The summed E-state index contributed by atoms with van der Waals surface area (Å²) >= 11 is 0. The summed E-state index contributed by atoms with van der Waals surface area (Å²) in [7, 11) is 0. The molecule has 0 radical (unpaired) electrons. The molecule has 0 heterocycles. The molecule has 1 saturated carbocycles. The molecule has 1 N–H and O–H groups in total. The molecule has 0 bridgehead atoms. The summed E-state index contributed by atoms with van der Waals surface area (Å²) in [6.45, 7) is 10.7. The first-order valence-electron chi connectivity index (χ1n) is 7.27. The largest absolute Gasteiger partial charge is 0.314 e. The van der Waals surface area contributed by atoms with Crippen LogP contribution in [0.25, 0.3) is 0 Å². The summed E-state index contributed by atoms with van der Waals surface area (Å²) in [5, 5.41) is 3.70. The third-order valence-corrected chi connectivity index (χ3v) is 3.86. The van der Waals surface area contributed by atoms with Crippen LogP contribution in [0.2, 0.25) is 0 Å². The quantitative estimate of drug-likeness (QED) is 0.605. The molecule has 1 unspecified atom stereocenters. The monoisotopic (exact) mass is 225 g/mol. The van der Waals surface area contributed by atoms with Crippen LogP contribution in [0.1, 0.15) is 72.6 Å². The number of nitrogens with one attached hydrogen (secondary N) is 1. The van der Waals surface area contributed by atoms with Crippen LogP contribution in [0, 0.1) is 11.3 Å². The van der Waals surface area contributed by atoms with Crippen molar-refractivity contribution in [3.05, 3.63) is 0 Å². The van der Waals surface area contributed by atoms with E-state index in [4.69, 9.17) is 0 Å². The summed E-state index contributed by atoms with van der Waals surface area (Å²) in [4.78, 5) is 0. The van der Waals surface area contributed by atoms with Crippen molar-refractivity contribution in [2.45, 2.75) is 78.7 Å².